The lowest BCUT2D eigenvalue weighted by Crippen LogP contribution is -2.30. The number of hydrogen-bond donors (Lipinski definition) is 1. The Morgan fingerprint density at radius 2 is 1.91 bits per heavy atom. The fourth-order valence-electron chi connectivity index (χ4n) is 3.57. The molecule has 0 unspecified atom stereocenters. The minimum absolute atomic E-state index is 0.840. The van der Waals surface area contributed by atoms with Crippen LogP contribution in [0.5, 0.6) is 0 Å². The number of rotatable bonds is 5. The Kier molecular flexibility index (Phi) is 5.62. The molecule has 3 rings (SSSR count). The van der Waals surface area contributed by atoms with Gasteiger partial charge in [0, 0.05) is 25.2 Å². The first-order chi connectivity index (χ1) is 10.9. The lowest BCUT2D eigenvalue weighted by atomic mass is 9.97. The summed E-state index contributed by atoms with van der Waals surface area (Å²) in [5, 5.41) is 14.2. The third-order valence-corrected chi connectivity index (χ3v) is 4.74. The molecule has 22 heavy (non-hydrogen) atoms. The highest BCUT2D eigenvalue weighted by Crippen LogP contribution is 2.30. The van der Waals surface area contributed by atoms with Crippen molar-refractivity contribution in [3.8, 4) is 0 Å². The normalized spacial score (nSPS) is 19.5. The Bertz CT molecular complexity index is 491. The highest BCUT2D eigenvalue weighted by molar-refractivity contribution is 5.18. The van der Waals surface area contributed by atoms with Crippen molar-refractivity contribution in [2.75, 3.05) is 13.1 Å². The van der Waals surface area contributed by atoms with E-state index in [9.17, 15) is 0 Å². The molecule has 0 spiro atoms. The molecular weight excluding hydrogens is 274 g/mol. The quantitative estimate of drug-likeness (QED) is 0.669. The molecule has 120 valence electrons. The number of nitrogens with one attached hydrogen (secondary N) is 1. The van der Waals surface area contributed by atoms with Gasteiger partial charge in [-0.15, -0.1) is 10.2 Å². The highest BCUT2D eigenvalue weighted by atomic mass is 15.5. The molecule has 0 aromatic carbocycles. The molecule has 5 heteroatoms. The van der Waals surface area contributed by atoms with Crippen molar-refractivity contribution >= 4 is 0 Å². The van der Waals surface area contributed by atoms with Gasteiger partial charge in [0.25, 0.3) is 0 Å². The number of likely N-dealkylation sites (tertiary alicyclic amines) is 1. The predicted molar refractivity (Wildman–Crippen MR) is 87.2 cm³/mol. The zero-order valence-corrected chi connectivity index (χ0v) is 13.4. The SMILES string of the molecule is C1=CCCC(=C2CCCCN2CCCCc2nn[nH]n2)CC1. The molecule has 1 aromatic heterocycles. The van der Waals surface area contributed by atoms with Crippen molar-refractivity contribution in [1.29, 1.82) is 0 Å². The number of unbranched alkanes of at least 4 members (excludes halogenated alkanes) is 1. The second-order valence-electron chi connectivity index (χ2n) is 6.33. The van der Waals surface area contributed by atoms with Gasteiger partial charge in [-0.3, -0.25) is 0 Å². The van der Waals surface area contributed by atoms with Gasteiger partial charge in [0.05, 0.1) is 0 Å². The molecule has 1 aliphatic carbocycles. The van der Waals surface area contributed by atoms with E-state index in [-0.39, 0.29) is 0 Å². The number of piperidine rings is 1. The first-order valence-corrected chi connectivity index (χ1v) is 8.76. The van der Waals surface area contributed by atoms with E-state index >= 15 is 0 Å². The van der Waals surface area contributed by atoms with E-state index in [1.165, 1.54) is 64.5 Å². The first kappa shape index (κ1) is 15.3. The molecule has 2 heterocycles. The molecule has 2 aliphatic rings. The summed E-state index contributed by atoms with van der Waals surface area (Å²) in [7, 11) is 0. The van der Waals surface area contributed by atoms with Crippen LogP contribution in [0, 0.1) is 0 Å². The standard InChI is InChI=1S/C17H27N5/c1-2-4-10-15(9-3-1)16-11-5-7-13-22(16)14-8-6-12-17-18-20-21-19-17/h1-2H,3-14H2,(H,18,19,20,21). The number of H-pyrrole nitrogens is 1. The minimum atomic E-state index is 0.840. The fourth-order valence-corrected chi connectivity index (χ4v) is 3.57. The van der Waals surface area contributed by atoms with Gasteiger partial charge in [0.15, 0.2) is 5.82 Å². The number of nitrogens with zero attached hydrogens (tertiary/aromatic N) is 4. The Hall–Kier alpha value is -1.65. The third-order valence-electron chi connectivity index (χ3n) is 4.74. The van der Waals surface area contributed by atoms with Gasteiger partial charge in [-0.2, -0.15) is 5.21 Å². The van der Waals surface area contributed by atoms with E-state index in [0.717, 1.165) is 18.7 Å². The highest BCUT2D eigenvalue weighted by Gasteiger charge is 2.18. The van der Waals surface area contributed by atoms with E-state index in [1.54, 1.807) is 11.3 Å². The first-order valence-electron chi connectivity index (χ1n) is 8.76. The van der Waals surface area contributed by atoms with Crippen LogP contribution >= 0.6 is 0 Å². The van der Waals surface area contributed by atoms with Crippen LogP contribution in [0.3, 0.4) is 0 Å². The van der Waals surface area contributed by atoms with Crippen LogP contribution in [-0.2, 0) is 6.42 Å². The second-order valence-corrected chi connectivity index (χ2v) is 6.33. The van der Waals surface area contributed by atoms with E-state index < -0.39 is 0 Å². The summed E-state index contributed by atoms with van der Waals surface area (Å²) in [5.74, 6) is 0.840. The molecule has 1 aromatic rings. The smallest absolute Gasteiger partial charge is 0.174 e. The molecular formula is C17H27N5. The molecule has 1 fully saturated rings. The molecule has 0 radical (unpaired) electrons. The average Bonchev–Trinajstić information content (AvgIpc) is 2.92. The van der Waals surface area contributed by atoms with Crippen LogP contribution in [0.1, 0.15) is 63.6 Å². The van der Waals surface area contributed by atoms with Crippen molar-refractivity contribution in [2.24, 2.45) is 0 Å². The van der Waals surface area contributed by atoms with Crippen LogP contribution in [0.2, 0.25) is 0 Å². The molecule has 0 atom stereocenters. The lowest BCUT2D eigenvalue weighted by Gasteiger charge is -2.34. The van der Waals surface area contributed by atoms with E-state index in [0.29, 0.717) is 0 Å². The van der Waals surface area contributed by atoms with Gasteiger partial charge in [0.2, 0.25) is 0 Å². The van der Waals surface area contributed by atoms with Gasteiger partial charge in [-0.1, -0.05) is 22.9 Å². The fraction of sp³-hybridized carbons (Fsp3) is 0.706. The Labute approximate surface area is 132 Å². The molecule has 5 nitrogen and oxygen atoms in total. The van der Waals surface area contributed by atoms with Crippen LogP contribution in [0.25, 0.3) is 0 Å². The van der Waals surface area contributed by atoms with Crippen molar-refractivity contribution in [3.05, 3.63) is 29.2 Å². The number of allylic oxidation sites excluding steroid dienone is 4. The number of aromatic nitrogens is 4. The third kappa shape index (κ3) is 4.18. The molecule has 0 saturated carbocycles. The van der Waals surface area contributed by atoms with E-state index in [2.05, 4.69) is 37.7 Å². The summed E-state index contributed by atoms with van der Waals surface area (Å²) in [6.07, 6.45) is 17.0. The van der Waals surface area contributed by atoms with Crippen molar-refractivity contribution in [2.45, 2.75) is 64.2 Å². The van der Waals surface area contributed by atoms with Gasteiger partial charge >= 0.3 is 0 Å². The second kappa shape index (κ2) is 8.11. The summed E-state index contributed by atoms with van der Waals surface area (Å²) in [4.78, 5) is 2.67. The van der Waals surface area contributed by atoms with Gasteiger partial charge in [0.1, 0.15) is 0 Å². The Balaban J connectivity index is 1.52. The van der Waals surface area contributed by atoms with Crippen LogP contribution in [0.15, 0.2) is 23.4 Å². The monoisotopic (exact) mass is 301 g/mol. The largest absolute Gasteiger partial charge is 0.375 e. The van der Waals surface area contributed by atoms with E-state index in [1.807, 2.05) is 0 Å². The van der Waals surface area contributed by atoms with E-state index in [4.69, 9.17) is 0 Å². The number of hydrogen-bond acceptors (Lipinski definition) is 4. The predicted octanol–water partition coefficient (Wildman–Crippen LogP) is 3.39. The maximum atomic E-state index is 4.02. The zero-order chi connectivity index (χ0) is 15.0. The maximum Gasteiger partial charge on any atom is 0.174 e. The molecule has 1 aliphatic heterocycles. The number of aryl methyl sites for hydroxylation is 1. The van der Waals surface area contributed by atoms with Crippen LogP contribution in [0.4, 0.5) is 0 Å². The average molecular weight is 301 g/mol. The molecule has 0 amide bonds. The minimum Gasteiger partial charge on any atom is -0.375 e. The van der Waals surface area contributed by atoms with Gasteiger partial charge in [-0.05, 0) is 57.8 Å². The van der Waals surface area contributed by atoms with Crippen molar-refractivity contribution in [3.63, 3.8) is 0 Å². The zero-order valence-electron chi connectivity index (χ0n) is 13.4. The van der Waals surface area contributed by atoms with Gasteiger partial charge < -0.3 is 4.90 Å². The summed E-state index contributed by atoms with van der Waals surface area (Å²) >= 11 is 0. The molecule has 1 N–H and O–H groups in total. The molecule has 1 saturated heterocycles. The Morgan fingerprint density at radius 1 is 1.05 bits per heavy atom. The van der Waals surface area contributed by atoms with Crippen LogP contribution in [-0.4, -0.2) is 38.6 Å². The number of aromatic amines is 1. The Morgan fingerprint density at radius 3 is 2.68 bits per heavy atom. The summed E-state index contributed by atoms with van der Waals surface area (Å²) in [5.41, 5.74) is 3.40. The summed E-state index contributed by atoms with van der Waals surface area (Å²) in [6, 6.07) is 0. The molecule has 0 bridgehead atoms. The summed E-state index contributed by atoms with van der Waals surface area (Å²) in [6.45, 7) is 2.43. The van der Waals surface area contributed by atoms with Crippen molar-refractivity contribution in [1.82, 2.24) is 25.5 Å². The van der Waals surface area contributed by atoms with Crippen LogP contribution < -0.4 is 0 Å². The maximum absolute atomic E-state index is 4.02. The van der Waals surface area contributed by atoms with Crippen molar-refractivity contribution < 1.29 is 0 Å². The lowest BCUT2D eigenvalue weighted by molar-refractivity contribution is 0.278. The van der Waals surface area contributed by atoms with Gasteiger partial charge in [-0.25, -0.2) is 0 Å². The number of tetrazole rings is 1. The topological polar surface area (TPSA) is 57.7 Å². The summed E-state index contributed by atoms with van der Waals surface area (Å²) < 4.78 is 0.